The molecule has 1 aliphatic heterocycles. The molecule has 34 heavy (non-hydrogen) atoms. The van der Waals surface area contributed by atoms with Gasteiger partial charge >= 0.3 is 0 Å². The number of carbonyl (C=O) groups excluding carboxylic acids is 1. The third-order valence-corrected chi connectivity index (χ3v) is 6.82. The monoisotopic (exact) mass is 476 g/mol. The van der Waals surface area contributed by atoms with E-state index in [9.17, 15) is 9.59 Å². The van der Waals surface area contributed by atoms with Crippen molar-refractivity contribution < 1.29 is 4.79 Å². The van der Waals surface area contributed by atoms with Crippen molar-refractivity contribution in [1.82, 2.24) is 29.0 Å². The van der Waals surface area contributed by atoms with Crippen molar-refractivity contribution in [3.8, 4) is 0 Å². The van der Waals surface area contributed by atoms with Crippen LogP contribution in [0.15, 0.2) is 59.4 Å². The van der Waals surface area contributed by atoms with Crippen LogP contribution < -0.4 is 10.9 Å². The number of para-hydroxylation sites is 1. The Kier molecular flexibility index (Phi) is 6.30. The molecule has 0 atom stereocenters. The molecule has 0 aliphatic carbocycles. The number of nitrogens with zero attached hydrogens (tertiary/aromatic N) is 5. The predicted molar refractivity (Wildman–Crippen MR) is 135 cm³/mol. The van der Waals surface area contributed by atoms with Crippen molar-refractivity contribution in [3.05, 3.63) is 75.3 Å². The maximum absolute atomic E-state index is 13.1. The van der Waals surface area contributed by atoms with Crippen molar-refractivity contribution in [1.29, 1.82) is 0 Å². The summed E-state index contributed by atoms with van der Waals surface area (Å²) < 4.78 is 6.02. The van der Waals surface area contributed by atoms with E-state index in [0.29, 0.717) is 34.7 Å². The smallest absolute Gasteiger partial charge is 0.262 e. The van der Waals surface area contributed by atoms with Gasteiger partial charge in [-0.2, -0.15) is 0 Å². The maximum Gasteiger partial charge on any atom is 0.262 e. The predicted octanol–water partition coefficient (Wildman–Crippen LogP) is 3.44. The molecule has 0 unspecified atom stereocenters. The molecule has 4 aromatic rings. The van der Waals surface area contributed by atoms with Crippen molar-refractivity contribution >= 4 is 34.8 Å². The first kappa shape index (κ1) is 22.5. The molecule has 176 valence electrons. The lowest BCUT2D eigenvalue weighted by atomic mass is 10.0. The molecule has 1 saturated heterocycles. The van der Waals surface area contributed by atoms with E-state index in [-0.39, 0.29) is 17.5 Å². The van der Waals surface area contributed by atoms with Crippen LogP contribution in [0.2, 0.25) is 0 Å². The molecule has 0 spiro atoms. The fourth-order valence-corrected chi connectivity index (χ4v) is 4.93. The van der Waals surface area contributed by atoms with E-state index >= 15 is 0 Å². The van der Waals surface area contributed by atoms with E-state index in [1.807, 2.05) is 70.6 Å². The highest BCUT2D eigenvalue weighted by molar-refractivity contribution is 7.71. The van der Waals surface area contributed by atoms with Crippen LogP contribution in [0.1, 0.15) is 36.5 Å². The summed E-state index contributed by atoms with van der Waals surface area (Å²) in [5, 5.41) is 8.57. The molecule has 1 amide bonds. The Morgan fingerprint density at radius 1 is 1.09 bits per heavy atom. The van der Waals surface area contributed by atoms with E-state index in [1.165, 1.54) is 0 Å². The molecule has 1 N–H and O–H groups in total. The van der Waals surface area contributed by atoms with Crippen molar-refractivity contribution in [2.45, 2.75) is 45.4 Å². The number of rotatable bonds is 6. The molecule has 8 nitrogen and oxygen atoms in total. The fraction of sp³-hybridized carbons (Fsp3) is 0.360. The lowest BCUT2D eigenvalue weighted by molar-refractivity contribution is 0.0896. The number of aryl methyl sites for hydroxylation is 1. The molecule has 2 aromatic heterocycles. The SMILES string of the molecule is CCCn1c(=O)c2ccccc2n2c(=S)n(CN3CCC(NC(=O)c4ccccc4)CC3)nc12. The molecule has 0 bridgehead atoms. The van der Waals surface area contributed by atoms with Gasteiger partial charge in [-0.1, -0.05) is 37.3 Å². The highest BCUT2D eigenvalue weighted by atomic mass is 32.1. The van der Waals surface area contributed by atoms with Gasteiger partial charge in [0.25, 0.3) is 11.5 Å². The van der Waals surface area contributed by atoms with Crippen LogP contribution in [-0.4, -0.2) is 48.7 Å². The minimum atomic E-state index is -0.0351. The Hall–Kier alpha value is -3.30. The highest BCUT2D eigenvalue weighted by Gasteiger charge is 2.23. The van der Waals surface area contributed by atoms with Gasteiger partial charge in [0.15, 0.2) is 0 Å². The zero-order valence-electron chi connectivity index (χ0n) is 19.2. The van der Waals surface area contributed by atoms with Crippen LogP contribution in [0.4, 0.5) is 0 Å². The van der Waals surface area contributed by atoms with Gasteiger partial charge in [-0.15, -0.1) is 5.10 Å². The number of piperidine rings is 1. The summed E-state index contributed by atoms with van der Waals surface area (Å²) in [6.07, 6.45) is 2.56. The van der Waals surface area contributed by atoms with E-state index in [0.717, 1.165) is 37.9 Å². The fourth-order valence-electron chi connectivity index (χ4n) is 4.65. The summed E-state index contributed by atoms with van der Waals surface area (Å²) >= 11 is 5.81. The molecule has 0 saturated carbocycles. The maximum atomic E-state index is 13.1. The minimum absolute atomic E-state index is 0.0256. The minimum Gasteiger partial charge on any atom is -0.349 e. The van der Waals surface area contributed by atoms with E-state index in [2.05, 4.69) is 10.2 Å². The molecular formula is C25H28N6O2S. The zero-order chi connectivity index (χ0) is 23.7. The summed E-state index contributed by atoms with van der Waals surface area (Å²) in [6, 6.07) is 17.0. The lowest BCUT2D eigenvalue weighted by Crippen LogP contribution is -2.45. The van der Waals surface area contributed by atoms with E-state index in [1.54, 1.807) is 4.57 Å². The Morgan fingerprint density at radius 3 is 2.53 bits per heavy atom. The van der Waals surface area contributed by atoms with Gasteiger partial charge in [0.1, 0.15) is 0 Å². The second-order valence-electron chi connectivity index (χ2n) is 8.76. The number of nitrogens with one attached hydrogen (secondary N) is 1. The largest absolute Gasteiger partial charge is 0.349 e. The first-order valence-electron chi connectivity index (χ1n) is 11.8. The van der Waals surface area contributed by atoms with Crippen LogP contribution in [0, 0.1) is 4.77 Å². The summed E-state index contributed by atoms with van der Waals surface area (Å²) in [4.78, 5) is 27.8. The number of benzene rings is 2. The second-order valence-corrected chi connectivity index (χ2v) is 9.13. The molecule has 1 fully saturated rings. The summed E-state index contributed by atoms with van der Waals surface area (Å²) in [6.45, 7) is 4.85. The average Bonchev–Trinajstić information content (AvgIpc) is 3.19. The number of carbonyl (C=O) groups is 1. The van der Waals surface area contributed by atoms with E-state index in [4.69, 9.17) is 17.3 Å². The Morgan fingerprint density at radius 2 is 1.79 bits per heavy atom. The van der Waals surface area contributed by atoms with Gasteiger partial charge in [0.05, 0.1) is 17.6 Å². The average molecular weight is 477 g/mol. The lowest BCUT2D eigenvalue weighted by Gasteiger charge is -2.32. The number of hydrogen-bond acceptors (Lipinski definition) is 5. The summed E-state index contributed by atoms with van der Waals surface area (Å²) in [5.74, 6) is 0.558. The molecule has 1 aliphatic rings. The Labute approximate surface area is 202 Å². The highest BCUT2D eigenvalue weighted by Crippen LogP contribution is 2.17. The van der Waals surface area contributed by atoms with Gasteiger partial charge in [-0.05, 0) is 55.7 Å². The van der Waals surface area contributed by atoms with Crippen molar-refractivity contribution in [2.75, 3.05) is 13.1 Å². The van der Waals surface area contributed by atoms with Crippen LogP contribution in [0.5, 0.6) is 0 Å². The molecule has 0 radical (unpaired) electrons. The third-order valence-electron chi connectivity index (χ3n) is 6.42. The van der Waals surface area contributed by atoms with Gasteiger partial charge in [-0.3, -0.25) is 23.5 Å². The quantitative estimate of drug-likeness (QED) is 0.432. The second kappa shape index (κ2) is 9.52. The number of fused-ring (bicyclic) bond motifs is 3. The normalized spacial score (nSPS) is 15.2. The number of aromatic nitrogens is 4. The summed E-state index contributed by atoms with van der Waals surface area (Å²) in [5.41, 5.74) is 1.44. The Balaban J connectivity index is 1.35. The standard InChI is InChI=1S/C25H28N6O2S/c1-2-14-29-23(33)20-10-6-7-11-21(20)31-24(29)27-30(25(31)34)17-28-15-12-19(13-16-28)26-22(32)18-8-4-3-5-9-18/h3-11,19H,2,12-17H2,1H3,(H,26,32). The topological polar surface area (TPSA) is 76.6 Å². The molecule has 9 heteroatoms. The third kappa shape index (κ3) is 4.17. The number of amides is 1. The van der Waals surface area contributed by atoms with Crippen molar-refractivity contribution in [3.63, 3.8) is 0 Å². The van der Waals surface area contributed by atoms with Crippen LogP contribution in [-0.2, 0) is 13.2 Å². The molecule has 2 aromatic carbocycles. The molecule has 3 heterocycles. The van der Waals surface area contributed by atoms with Crippen molar-refractivity contribution in [2.24, 2.45) is 0 Å². The zero-order valence-corrected chi connectivity index (χ0v) is 20.0. The van der Waals surface area contributed by atoms with Gasteiger partial charge in [0.2, 0.25) is 10.5 Å². The van der Waals surface area contributed by atoms with E-state index < -0.39 is 0 Å². The molecule has 5 rings (SSSR count). The van der Waals surface area contributed by atoms with Crippen LogP contribution >= 0.6 is 12.2 Å². The van der Waals surface area contributed by atoms with Crippen LogP contribution in [0.3, 0.4) is 0 Å². The molecular weight excluding hydrogens is 448 g/mol. The van der Waals surface area contributed by atoms with Gasteiger partial charge in [0, 0.05) is 31.2 Å². The summed E-state index contributed by atoms with van der Waals surface area (Å²) in [7, 11) is 0. The first-order valence-corrected chi connectivity index (χ1v) is 12.2. The Bertz CT molecular complexity index is 1450. The first-order chi connectivity index (χ1) is 16.6. The van der Waals surface area contributed by atoms with Gasteiger partial charge in [-0.25, -0.2) is 4.68 Å². The number of likely N-dealkylation sites (tertiary alicyclic amines) is 1. The van der Waals surface area contributed by atoms with Gasteiger partial charge < -0.3 is 5.32 Å². The number of hydrogen-bond donors (Lipinski definition) is 1. The van der Waals surface area contributed by atoms with Crippen LogP contribution in [0.25, 0.3) is 16.7 Å².